The lowest BCUT2D eigenvalue weighted by Gasteiger charge is -2.16. The summed E-state index contributed by atoms with van der Waals surface area (Å²) >= 11 is 9.49. The third-order valence-electron chi connectivity index (χ3n) is 4.62. The van der Waals surface area contributed by atoms with Gasteiger partial charge in [-0.1, -0.05) is 35.9 Å². The van der Waals surface area contributed by atoms with Crippen LogP contribution in [0.2, 0.25) is 5.02 Å². The van der Waals surface area contributed by atoms with Crippen molar-refractivity contribution in [2.75, 3.05) is 12.4 Å². The highest BCUT2D eigenvalue weighted by Crippen LogP contribution is 2.37. The van der Waals surface area contributed by atoms with E-state index in [0.717, 1.165) is 21.2 Å². The summed E-state index contributed by atoms with van der Waals surface area (Å²) in [6.07, 6.45) is 0. The fraction of sp³-hybridized carbons (Fsp3) is 0.174. The summed E-state index contributed by atoms with van der Waals surface area (Å²) < 4.78 is 12.3. The number of halogens is 2. The van der Waals surface area contributed by atoms with E-state index in [0.29, 0.717) is 30.3 Å². The van der Waals surface area contributed by atoms with E-state index < -0.39 is 5.97 Å². The van der Waals surface area contributed by atoms with E-state index in [9.17, 15) is 9.90 Å². The van der Waals surface area contributed by atoms with Gasteiger partial charge in [0, 0.05) is 12.2 Å². The molecule has 0 aliphatic heterocycles. The van der Waals surface area contributed by atoms with Crippen molar-refractivity contribution in [2.24, 2.45) is 0 Å². The van der Waals surface area contributed by atoms with Gasteiger partial charge in [-0.2, -0.15) is 0 Å². The predicted molar refractivity (Wildman–Crippen MR) is 122 cm³/mol. The van der Waals surface area contributed by atoms with Crippen LogP contribution in [0.4, 0.5) is 5.69 Å². The average molecular weight is 491 g/mol. The monoisotopic (exact) mass is 489 g/mol. The van der Waals surface area contributed by atoms with Gasteiger partial charge in [-0.25, -0.2) is 4.79 Å². The zero-order valence-corrected chi connectivity index (χ0v) is 18.9. The summed E-state index contributed by atoms with van der Waals surface area (Å²) in [6, 6.07) is 16.7. The van der Waals surface area contributed by atoms with Gasteiger partial charge >= 0.3 is 5.97 Å². The first-order valence-corrected chi connectivity index (χ1v) is 10.4. The van der Waals surface area contributed by atoms with Crippen molar-refractivity contribution >= 4 is 39.2 Å². The van der Waals surface area contributed by atoms with Crippen LogP contribution in [-0.4, -0.2) is 18.2 Å². The first kappa shape index (κ1) is 22.0. The zero-order chi connectivity index (χ0) is 21.7. The molecule has 0 saturated heterocycles. The average Bonchev–Trinajstić information content (AvgIpc) is 2.72. The summed E-state index contributed by atoms with van der Waals surface area (Å²) in [4.78, 5) is 11.3. The standard InChI is InChI=1S/C23H21BrClNO4/c1-14-5-3-4-6-16(14)13-30-22-19(24)9-15(10-21(22)29-2)12-26-17-7-8-20(25)18(11-17)23(27)28/h3-11,26H,12-13H2,1-2H3,(H,27,28). The van der Waals surface area contributed by atoms with E-state index in [4.69, 9.17) is 21.1 Å². The molecule has 0 amide bonds. The Balaban J connectivity index is 1.74. The molecule has 3 aromatic carbocycles. The topological polar surface area (TPSA) is 67.8 Å². The molecule has 0 unspecified atom stereocenters. The summed E-state index contributed by atoms with van der Waals surface area (Å²) in [5, 5.41) is 12.6. The molecule has 3 aromatic rings. The molecule has 0 aliphatic rings. The van der Waals surface area contributed by atoms with Crippen molar-refractivity contribution in [3.63, 3.8) is 0 Å². The van der Waals surface area contributed by atoms with E-state index in [-0.39, 0.29) is 10.6 Å². The third-order valence-corrected chi connectivity index (χ3v) is 5.53. The maximum atomic E-state index is 11.3. The Bertz CT molecular complexity index is 1070. The molecule has 7 heteroatoms. The zero-order valence-electron chi connectivity index (χ0n) is 16.5. The van der Waals surface area contributed by atoms with E-state index in [2.05, 4.69) is 21.2 Å². The lowest BCUT2D eigenvalue weighted by molar-refractivity contribution is 0.0697. The van der Waals surface area contributed by atoms with Gasteiger partial charge in [-0.15, -0.1) is 0 Å². The second-order valence-electron chi connectivity index (χ2n) is 6.68. The lowest BCUT2D eigenvalue weighted by atomic mass is 10.1. The Morgan fingerprint density at radius 1 is 1.17 bits per heavy atom. The Morgan fingerprint density at radius 3 is 2.63 bits per heavy atom. The minimum absolute atomic E-state index is 0.0559. The maximum Gasteiger partial charge on any atom is 0.337 e. The van der Waals surface area contributed by atoms with Gasteiger partial charge in [0.25, 0.3) is 0 Å². The number of hydrogen-bond acceptors (Lipinski definition) is 4. The molecule has 0 fully saturated rings. The summed E-state index contributed by atoms with van der Waals surface area (Å²) in [6.45, 7) is 2.95. The van der Waals surface area contributed by atoms with Crippen LogP contribution in [-0.2, 0) is 13.2 Å². The van der Waals surface area contributed by atoms with Crippen LogP contribution in [0.3, 0.4) is 0 Å². The molecule has 0 heterocycles. The van der Waals surface area contributed by atoms with E-state index in [1.807, 2.05) is 43.3 Å². The van der Waals surface area contributed by atoms with Gasteiger partial charge in [-0.05, 0) is 69.9 Å². The number of anilines is 1. The first-order chi connectivity index (χ1) is 14.4. The molecular formula is C23H21BrClNO4. The molecule has 0 spiro atoms. The van der Waals surface area contributed by atoms with Gasteiger partial charge in [0.15, 0.2) is 11.5 Å². The molecule has 5 nitrogen and oxygen atoms in total. The molecule has 0 atom stereocenters. The minimum Gasteiger partial charge on any atom is -0.493 e. The molecule has 0 bridgehead atoms. The summed E-state index contributed by atoms with van der Waals surface area (Å²) in [5.41, 5.74) is 3.92. The number of nitrogens with one attached hydrogen (secondary N) is 1. The number of methoxy groups -OCH3 is 1. The van der Waals surface area contributed by atoms with Gasteiger partial charge in [-0.3, -0.25) is 0 Å². The Kier molecular flexibility index (Phi) is 7.24. The van der Waals surface area contributed by atoms with Crippen LogP contribution in [0.5, 0.6) is 11.5 Å². The molecule has 0 aliphatic carbocycles. The fourth-order valence-corrected chi connectivity index (χ4v) is 3.74. The molecule has 3 rings (SSSR count). The number of hydrogen-bond donors (Lipinski definition) is 2. The quantitative estimate of drug-likeness (QED) is 0.387. The van der Waals surface area contributed by atoms with Crippen LogP contribution >= 0.6 is 27.5 Å². The highest BCUT2D eigenvalue weighted by atomic mass is 79.9. The molecule has 0 saturated carbocycles. The van der Waals surface area contributed by atoms with E-state index in [1.54, 1.807) is 19.2 Å². The Hall–Kier alpha value is -2.70. The van der Waals surface area contributed by atoms with Gasteiger partial charge in [0.05, 0.1) is 22.2 Å². The van der Waals surface area contributed by atoms with Gasteiger partial charge in [0.2, 0.25) is 0 Å². The molecule has 0 radical (unpaired) electrons. The van der Waals surface area contributed by atoms with Crippen molar-refractivity contribution in [1.29, 1.82) is 0 Å². The number of carboxylic acid groups (broad SMARTS) is 1. The Morgan fingerprint density at radius 2 is 1.93 bits per heavy atom. The first-order valence-electron chi connectivity index (χ1n) is 9.19. The van der Waals surface area contributed by atoms with Gasteiger partial charge < -0.3 is 19.9 Å². The number of ether oxygens (including phenoxy) is 2. The maximum absolute atomic E-state index is 11.3. The van der Waals surface area contributed by atoms with Crippen molar-refractivity contribution in [3.8, 4) is 11.5 Å². The molecule has 30 heavy (non-hydrogen) atoms. The summed E-state index contributed by atoms with van der Waals surface area (Å²) in [5.74, 6) is 0.171. The third kappa shape index (κ3) is 5.26. The molecule has 0 aromatic heterocycles. The van der Waals surface area contributed by atoms with Crippen molar-refractivity contribution in [2.45, 2.75) is 20.1 Å². The van der Waals surface area contributed by atoms with Gasteiger partial charge in [0.1, 0.15) is 6.61 Å². The number of aromatic carboxylic acids is 1. The normalized spacial score (nSPS) is 10.5. The largest absolute Gasteiger partial charge is 0.493 e. The second-order valence-corrected chi connectivity index (χ2v) is 7.94. The van der Waals surface area contributed by atoms with Crippen LogP contribution in [0.1, 0.15) is 27.0 Å². The number of carbonyl (C=O) groups is 1. The van der Waals surface area contributed by atoms with Crippen LogP contribution in [0.25, 0.3) is 0 Å². The number of benzene rings is 3. The minimum atomic E-state index is -1.07. The fourth-order valence-electron chi connectivity index (χ4n) is 2.94. The number of rotatable bonds is 8. The predicted octanol–water partition coefficient (Wildman–Crippen LogP) is 6.31. The van der Waals surface area contributed by atoms with Crippen LogP contribution in [0.15, 0.2) is 59.1 Å². The summed E-state index contributed by atoms with van der Waals surface area (Å²) in [7, 11) is 1.60. The highest BCUT2D eigenvalue weighted by molar-refractivity contribution is 9.10. The lowest BCUT2D eigenvalue weighted by Crippen LogP contribution is -2.04. The number of carboxylic acids is 1. The highest BCUT2D eigenvalue weighted by Gasteiger charge is 2.13. The molecule has 2 N–H and O–H groups in total. The smallest absolute Gasteiger partial charge is 0.337 e. The van der Waals surface area contributed by atoms with Crippen molar-refractivity contribution in [3.05, 3.63) is 86.3 Å². The van der Waals surface area contributed by atoms with Crippen LogP contribution in [0, 0.1) is 6.92 Å². The molecule has 156 valence electrons. The Labute approximate surface area is 188 Å². The molecular weight excluding hydrogens is 470 g/mol. The van der Waals surface area contributed by atoms with Crippen molar-refractivity contribution in [1.82, 2.24) is 0 Å². The van der Waals surface area contributed by atoms with Crippen LogP contribution < -0.4 is 14.8 Å². The SMILES string of the molecule is COc1cc(CNc2ccc(Cl)c(C(=O)O)c2)cc(Br)c1OCc1ccccc1C. The van der Waals surface area contributed by atoms with E-state index in [1.165, 1.54) is 6.07 Å². The van der Waals surface area contributed by atoms with E-state index >= 15 is 0 Å². The second kappa shape index (κ2) is 9.87. The number of aryl methyl sites for hydroxylation is 1. The van der Waals surface area contributed by atoms with Crippen molar-refractivity contribution < 1.29 is 19.4 Å².